The topological polar surface area (TPSA) is 166 Å². The number of fused-ring (bicyclic) bond motifs is 3. The van der Waals surface area contributed by atoms with Gasteiger partial charge in [0.2, 0.25) is 0 Å². The largest absolute Gasteiger partial charge is 0.485 e. The molecule has 3 N–H and O–H groups in total. The van der Waals surface area contributed by atoms with Crippen LogP contribution < -0.4 is 0 Å². The third-order valence-electron chi connectivity index (χ3n) is 29.8. The molecular weight excluding hydrogens is 1630 g/mol. The number of hydrogen-bond donors (Lipinski definition) is 3. The van der Waals surface area contributed by atoms with Crippen molar-refractivity contribution in [3.05, 3.63) is 430 Å². The van der Waals surface area contributed by atoms with Crippen LogP contribution in [0.4, 0.5) is 0 Å². The number of ketones is 3. The first-order valence-corrected chi connectivity index (χ1v) is 46.2. The van der Waals surface area contributed by atoms with E-state index in [-0.39, 0.29) is 45.0 Å². The predicted molar refractivity (Wildman–Crippen MR) is 543 cm³/mol. The number of carbonyl (C=O) groups is 4. The predicted octanol–water partition coefficient (Wildman–Crippen LogP) is 26.8. The van der Waals surface area contributed by atoms with Gasteiger partial charge in [-0.25, -0.2) is 0 Å². The number of benzene rings is 9. The van der Waals surface area contributed by atoms with Gasteiger partial charge in [0, 0.05) is 82.9 Å². The van der Waals surface area contributed by atoms with Crippen molar-refractivity contribution in [1.82, 2.24) is 0 Å². The van der Waals surface area contributed by atoms with Crippen LogP contribution in [0.1, 0.15) is 231 Å². The molecule has 693 valence electrons. The van der Waals surface area contributed by atoms with Gasteiger partial charge in [0.25, 0.3) is 0 Å². The molecule has 1 radical (unpaired) electrons. The summed E-state index contributed by atoms with van der Waals surface area (Å²) in [6, 6.07) is 93.0. The Morgan fingerprint density at radius 1 is 0.409 bits per heavy atom. The standard InChI is InChI=1S/2C39H44O3.C25H26BO3.C14H18O2.3CH4/c2*1-6-37(5,36(41)30(4)38-24-22-28(2)29(3)35(38)34(40)23-25-38)26-27-42-39(31-16-10-7-11-17-31,32-18-12-8-13-19-32)33-20-14-9-15-21-33;1-21(18-20-29-26-27)17-19-28-25(22-11-5-2-6-12-22,23-13-7-3-8-14-23)24-15-9-4-10-16-24;1-9-4-6-14(10(2)8-15)7-5-12(16)13(14)11(9)3;;;/h2*6-21,28,36,41H,1,4,22-27H2,2-3,5H3;2-16,18,27H,17,19-20H2,1H3;8-9H,2,4-7H2,1,3H3;3*1H4/b;;21-18-;;;;. The number of ether oxygens (including phenoxy) is 3. The van der Waals surface area contributed by atoms with Gasteiger partial charge in [0.05, 0.1) is 18.8 Å². The summed E-state index contributed by atoms with van der Waals surface area (Å²) in [5.74, 6) is 1.88. The van der Waals surface area contributed by atoms with Crippen molar-refractivity contribution in [3.8, 4) is 0 Å². The number of aliphatic hydroxyl groups is 2. The smallest absolute Gasteiger partial charge is 0.429 e. The van der Waals surface area contributed by atoms with Crippen LogP contribution in [0, 0.1) is 44.8 Å². The van der Waals surface area contributed by atoms with E-state index in [1.54, 1.807) is 0 Å². The number of allylic oxidation sites excluding steroid dienone is 7. The summed E-state index contributed by atoms with van der Waals surface area (Å²) in [4.78, 5) is 49.1. The minimum atomic E-state index is -0.861. The Kier molecular flexibility index (Phi) is 37.0. The van der Waals surface area contributed by atoms with E-state index in [2.05, 4.69) is 177 Å². The molecule has 0 heterocycles. The minimum absolute atomic E-state index is 0. The lowest BCUT2D eigenvalue weighted by Crippen LogP contribution is -2.42. The molecule has 0 amide bonds. The average Bonchev–Trinajstić information content (AvgIpc) is 1.59. The Labute approximate surface area is 790 Å². The van der Waals surface area contributed by atoms with E-state index in [0.29, 0.717) is 89.5 Å². The molecule has 10 unspecified atom stereocenters. The second-order valence-electron chi connectivity index (χ2n) is 37.0. The number of carbonyl (C=O) groups excluding carboxylic acids is 4. The summed E-state index contributed by atoms with van der Waals surface area (Å²) in [6.45, 7) is 41.7. The van der Waals surface area contributed by atoms with E-state index in [4.69, 9.17) is 23.9 Å². The molecule has 10 atom stereocenters. The molecule has 0 aromatic heterocycles. The molecule has 0 aliphatic heterocycles. The fourth-order valence-corrected chi connectivity index (χ4v) is 21.3. The molecule has 12 heteroatoms. The molecule has 0 bridgehead atoms. The van der Waals surface area contributed by atoms with Crippen LogP contribution in [-0.4, -0.2) is 85.2 Å². The first kappa shape index (κ1) is 105. The summed E-state index contributed by atoms with van der Waals surface area (Å²) in [6.07, 6.45) is 16.1. The van der Waals surface area contributed by atoms with Crippen molar-refractivity contribution in [2.24, 2.45) is 44.8 Å². The van der Waals surface area contributed by atoms with Gasteiger partial charge in [0.15, 0.2) is 17.3 Å². The molecule has 15 rings (SSSR count). The third-order valence-corrected chi connectivity index (χ3v) is 29.8. The van der Waals surface area contributed by atoms with Crippen LogP contribution in [0.25, 0.3) is 0 Å². The molecule has 6 aliphatic rings. The van der Waals surface area contributed by atoms with E-state index < -0.39 is 50.7 Å². The van der Waals surface area contributed by atoms with Crippen LogP contribution in [0.15, 0.2) is 380 Å². The van der Waals surface area contributed by atoms with Gasteiger partial charge in [-0.15, -0.1) is 13.2 Å². The second-order valence-corrected chi connectivity index (χ2v) is 37.0. The van der Waals surface area contributed by atoms with Crippen LogP contribution >= 0.6 is 0 Å². The van der Waals surface area contributed by atoms with Crippen molar-refractivity contribution < 1.29 is 53.3 Å². The van der Waals surface area contributed by atoms with Gasteiger partial charge < -0.3 is 34.1 Å². The summed E-state index contributed by atoms with van der Waals surface area (Å²) >= 11 is 0. The maximum Gasteiger partial charge on any atom is 0.485 e. The fraction of sp³-hybridized carbons (Fsp3) is 0.367. The first-order valence-electron chi connectivity index (χ1n) is 46.2. The van der Waals surface area contributed by atoms with Gasteiger partial charge in [-0.1, -0.05) is 390 Å². The zero-order valence-electron chi connectivity index (χ0n) is 77.3. The van der Waals surface area contributed by atoms with Crippen LogP contribution in [0.3, 0.4) is 0 Å². The van der Waals surface area contributed by atoms with E-state index >= 15 is 0 Å². The maximum absolute atomic E-state index is 13.1. The van der Waals surface area contributed by atoms with Crippen LogP contribution in [0.5, 0.6) is 0 Å². The number of aliphatic hydroxyl groups excluding tert-OH is 2. The third kappa shape index (κ3) is 21.3. The number of hydrogen-bond acceptors (Lipinski definition) is 11. The molecule has 9 aromatic rings. The van der Waals surface area contributed by atoms with Crippen LogP contribution in [0.2, 0.25) is 0 Å². The minimum Gasteiger partial charge on any atom is -0.429 e. The Balaban J connectivity index is 0.000000206. The second kappa shape index (κ2) is 46.7. The summed E-state index contributed by atoms with van der Waals surface area (Å²) in [5, 5.41) is 32.6. The highest BCUT2D eigenvalue weighted by Crippen LogP contribution is 2.61. The van der Waals surface area contributed by atoms with Crippen molar-refractivity contribution in [2.45, 2.75) is 210 Å². The Hall–Kier alpha value is -10.9. The summed E-state index contributed by atoms with van der Waals surface area (Å²) < 4.78 is 25.7. The maximum atomic E-state index is 13.1. The first-order chi connectivity index (χ1) is 62.2. The fourth-order valence-electron chi connectivity index (χ4n) is 21.3. The monoisotopic (exact) mass is 1770 g/mol. The van der Waals surface area contributed by atoms with Gasteiger partial charge >= 0.3 is 7.69 Å². The number of aldehydes is 1. The van der Waals surface area contributed by atoms with Crippen molar-refractivity contribution in [1.29, 1.82) is 0 Å². The molecular formula is C120H144BO11. The summed E-state index contributed by atoms with van der Waals surface area (Å²) in [5.41, 5.74) is 14.0. The lowest BCUT2D eigenvalue weighted by Gasteiger charge is -2.45. The highest BCUT2D eigenvalue weighted by Gasteiger charge is 2.55. The molecule has 3 saturated carbocycles. The van der Waals surface area contributed by atoms with E-state index in [1.807, 2.05) is 210 Å². The van der Waals surface area contributed by atoms with Gasteiger partial charge in [0.1, 0.15) is 23.1 Å². The summed E-state index contributed by atoms with van der Waals surface area (Å²) in [7, 11) is 0.714. The lowest BCUT2D eigenvalue weighted by atomic mass is 9.61. The number of rotatable bonds is 34. The van der Waals surface area contributed by atoms with Crippen molar-refractivity contribution in [2.75, 3.05) is 26.4 Å². The van der Waals surface area contributed by atoms with Crippen LogP contribution in [-0.2, 0) is 54.8 Å². The Morgan fingerprint density at radius 3 is 0.886 bits per heavy atom. The van der Waals surface area contributed by atoms with E-state index in [9.17, 15) is 29.4 Å². The number of Topliss-reactive ketones (excluding diaryl/α,β-unsaturated/α-hetero) is 3. The van der Waals surface area contributed by atoms with E-state index in [0.717, 1.165) is 154 Å². The molecule has 0 saturated heterocycles. The van der Waals surface area contributed by atoms with Gasteiger partial charge in [-0.3, -0.25) is 19.2 Å². The zero-order chi connectivity index (χ0) is 92.2. The molecule has 11 nitrogen and oxygen atoms in total. The van der Waals surface area contributed by atoms with Crippen molar-refractivity contribution in [3.63, 3.8) is 0 Å². The van der Waals surface area contributed by atoms with E-state index in [1.165, 1.54) is 16.7 Å². The molecule has 0 spiro atoms. The molecule has 6 aliphatic carbocycles. The molecule has 3 fully saturated rings. The van der Waals surface area contributed by atoms with Crippen molar-refractivity contribution >= 4 is 31.3 Å². The van der Waals surface area contributed by atoms with Gasteiger partial charge in [-0.2, -0.15) is 0 Å². The highest BCUT2D eigenvalue weighted by molar-refractivity contribution is 6.15. The quantitative estimate of drug-likeness (QED) is 0.00877. The highest BCUT2D eigenvalue weighted by atomic mass is 16.5. The Bertz CT molecular complexity index is 4980. The lowest BCUT2D eigenvalue weighted by molar-refractivity contribution is -0.115. The SMILES string of the molecule is C.C.C.C/C(=C/CO[B]O)CCOC(c1ccccc1)(c1ccccc1)c1ccccc1.C=C(C=O)C12CCC(=O)C1=C(C)C(C)CC2.C=CC(C)(CCOC(c1ccccc1)(c1ccccc1)c1ccccc1)C(O)C(=C)C12CCC(=O)C1=C(C)C(C)CC2.C=CC(C)(CCOC(c1ccccc1)(c1ccccc1)c1ccccc1)C(O)C(=C)C12CCC(=O)C1=C(C)C(C)CC2. The molecule has 132 heavy (non-hydrogen) atoms. The zero-order valence-corrected chi connectivity index (χ0v) is 77.3. The Morgan fingerprint density at radius 2 is 0.644 bits per heavy atom. The molecule has 9 aromatic carbocycles. The van der Waals surface area contributed by atoms with Gasteiger partial charge in [-0.05, 0) is 189 Å². The normalized spacial score (nSPS) is 21.2. The average molecular weight is 1770 g/mol.